The van der Waals surface area contributed by atoms with E-state index in [9.17, 15) is 4.79 Å². The number of amides is 1. The predicted octanol–water partition coefficient (Wildman–Crippen LogP) is -0.636. The van der Waals surface area contributed by atoms with Crippen molar-refractivity contribution in [2.24, 2.45) is 11.5 Å². The number of nitrogens with one attached hydrogen (secondary N) is 1. The first-order valence-electron chi connectivity index (χ1n) is 3.92. The average molecular weight is 194 g/mol. The van der Waals surface area contributed by atoms with Crippen molar-refractivity contribution in [3.05, 3.63) is 0 Å². The second-order valence-electron chi connectivity index (χ2n) is 3.17. The van der Waals surface area contributed by atoms with Crippen LogP contribution in [0.25, 0.3) is 0 Å². The van der Waals surface area contributed by atoms with Gasteiger partial charge in [-0.1, -0.05) is 0 Å². The molecule has 1 aliphatic carbocycles. The topological polar surface area (TPSA) is 81.1 Å². The summed E-state index contributed by atoms with van der Waals surface area (Å²) in [5.74, 6) is -0.103. The SMILES string of the molecule is Cl.NCC(=O)NCCC1(N)CC1. The van der Waals surface area contributed by atoms with E-state index >= 15 is 0 Å². The minimum Gasteiger partial charge on any atom is -0.355 e. The minimum absolute atomic E-state index is 0. The lowest BCUT2D eigenvalue weighted by molar-refractivity contribution is -0.119. The van der Waals surface area contributed by atoms with Crippen molar-refractivity contribution in [1.29, 1.82) is 0 Å². The van der Waals surface area contributed by atoms with Gasteiger partial charge in [-0.3, -0.25) is 4.79 Å². The number of carbonyl (C=O) groups excluding carboxylic acids is 1. The van der Waals surface area contributed by atoms with Gasteiger partial charge < -0.3 is 16.8 Å². The molecule has 72 valence electrons. The highest BCUT2D eigenvalue weighted by Gasteiger charge is 2.37. The smallest absolute Gasteiger partial charge is 0.233 e. The maximum Gasteiger partial charge on any atom is 0.233 e. The van der Waals surface area contributed by atoms with Gasteiger partial charge in [-0.15, -0.1) is 12.4 Å². The summed E-state index contributed by atoms with van der Waals surface area (Å²) < 4.78 is 0. The summed E-state index contributed by atoms with van der Waals surface area (Å²) in [6.07, 6.45) is 3.05. The minimum atomic E-state index is -0.103. The third kappa shape index (κ3) is 3.90. The molecule has 5 N–H and O–H groups in total. The van der Waals surface area contributed by atoms with Gasteiger partial charge >= 0.3 is 0 Å². The molecule has 0 bridgehead atoms. The van der Waals surface area contributed by atoms with Gasteiger partial charge in [0.25, 0.3) is 0 Å². The first-order chi connectivity index (χ1) is 5.16. The zero-order valence-corrected chi connectivity index (χ0v) is 7.82. The predicted molar refractivity (Wildman–Crippen MR) is 50.1 cm³/mol. The first kappa shape index (κ1) is 11.7. The van der Waals surface area contributed by atoms with Crippen molar-refractivity contribution in [3.8, 4) is 0 Å². The van der Waals surface area contributed by atoms with Crippen molar-refractivity contribution in [1.82, 2.24) is 5.32 Å². The Labute approximate surface area is 78.5 Å². The molecule has 0 atom stereocenters. The number of carbonyl (C=O) groups is 1. The van der Waals surface area contributed by atoms with E-state index < -0.39 is 0 Å². The molecule has 1 amide bonds. The van der Waals surface area contributed by atoms with E-state index in [0.29, 0.717) is 6.54 Å². The number of hydrogen-bond acceptors (Lipinski definition) is 3. The van der Waals surface area contributed by atoms with Crippen LogP contribution in [0.2, 0.25) is 0 Å². The summed E-state index contributed by atoms with van der Waals surface area (Å²) in [6, 6.07) is 0. The van der Waals surface area contributed by atoms with Gasteiger partial charge in [0.1, 0.15) is 0 Å². The van der Waals surface area contributed by atoms with Crippen LogP contribution in [0, 0.1) is 0 Å². The lowest BCUT2D eigenvalue weighted by Gasteiger charge is -2.08. The molecule has 0 aliphatic heterocycles. The molecular weight excluding hydrogens is 178 g/mol. The highest BCUT2D eigenvalue weighted by Crippen LogP contribution is 2.34. The molecular formula is C7H16ClN3O. The van der Waals surface area contributed by atoms with E-state index in [0.717, 1.165) is 19.3 Å². The lowest BCUT2D eigenvalue weighted by atomic mass is 10.2. The van der Waals surface area contributed by atoms with E-state index in [1.807, 2.05) is 0 Å². The van der Waals surface area contributed by atoms with Crippen LogP contribution in [-0.2, 0) is 4.79 Å². The van der Waals surface area contributed by atoms with Crippen molar-refractivity contribution in [2.75, 3.05) is 13.1 Å². The summed E-state index contributed by atoms with van der Waals surface area (Å²) in [5.41, 5.74) is 10.9. The molecule has 0 radical (unpaired) electrons. The molecule has 0 spiro atoms. The van der Waals surface area contributed by atoms with Gasteiger partial charge in [-0.05, 0) is 19.3 Å². The Hall–Kier alpha value is -0.320. The van der Waals surface area contributed by atoms with Crippen LogP contribution in [0.4, 0.5) is 0 Å². The molecule has 0 saturated heterocycles. The Morgan fingerprint density at radius 3 is 2.50 bits per heavy atom. The normalized spacial score (nSPS) is 17.8. The van der Waals surface area contributed by atoms with Crippen molar-refractivity contribution in [3.63, 3.8) is 0 Å². The van der Waals surface area contributed by atoms with Gasteiger partial charge in [0, 0.05) is 12.1 Å². The van der Waals surface area contributed by atoms with E-state index in [4.69, 9.17) is 11.5 Å². The summed E-state index contributed by atoms with van der Waals surface area (Å²) >= 11 is 0. The molecule has 1 fully saturated rings. The quantitative estimate of drug-likeness (QED) is 0.556. The molecule has 0 heterocycles. The summed E-state index contributed by atoms with van der Waals surface area (Å²) in [7, 11) is 0. The Balaban J connectivity index is 0.00000121. The summed E-state index contributed by atoms with van der Waals surface area (Å²) in [6.45, 7) is 0.726. The summed E-state index contributed by atoms with van der Waals surface area (Å²) in [5, 5.41) is 2.68. The van der Waals surface area contributed by atoms with Crippen LogP contribution < -0.4 is 16.8 Å². The van der Waals surface area contributed by atoms with E-state index in [2.05, 4.69) is 5.32 Å². The van der Waals surface area contributed by atoms with Gasteiger partial charge in [-0.25, -0.2) is 0 Å². The zero-order chi connectivity index (χ0) is 8.32. The van der Waals surface area contributed by atoms with E-state index in [-0.39, 0.29) is 30.4 Å². The van der Waals surface area contributed by atoms with Crippen molar-refractivity contribution in [2.45, 2.75) is 24.8 Å². The fourth-order valence-corrected chi connectivity index (χ4v) is 0.934. The Kier molecular flexibility index (Phi) is 4.52. The Morgan fingerprint density at radius 1 is 1.50 bits per heavy atom. The van der Waals surface area contributed by atoms with Crippen molar-refractivity contribution >= 4 is 18.3 Å². The van der Waals surface area contributed by atoms with E-state index in [1.54, 1.807) is 0 Å². The molecule has 5 heteroatoms. The molecule has 12 heavy (non-hydrogen) atoms. The van der Waals surface area contributed by atoms with Crippen LogP contribution >= 0.6 is 12.4 Å². The van der Waals surface area contributed by atoms with Gasteiger partial charge in [-0.2, -0.15) is 0 Å². The average Bonchev–Trinajstić information content (AvgIpc) is 2.68. The maximum atomic E-state index is 10.6. The molecule has 0 aromatic carbocycles. The van der Waals surface area contributed by atoms with Crippen LogP contribution in [-0.4, -0.2) is 24.5 Å². The van der Waals surface area contributed by atoms with Gasteiger partial charge in [0.05, 0.1) is 6.54 Å². The Bertz CT molecular complexity index is 159. The highest BCUT2D eigenvalue weighted by atomic mass is 35.5. The number of hydrogen-bond donors (Lipinski definition) is 3. The number of nitrogens with two attached hydrogens (primary N) is 2. The molecule has 4 nitrogen and oxygen atoms in total. The second-order valence-corrected chi connectivity index (χ2v) is 3.17. The largest absolute Gasteiger partial charge is 0.355 e. The first-order valence-corrected chi connectivity index (χ1v) is 3.92. The highest BCUT2D eigenvalue weighted by molar-refractivity contribution is 5.85. The number of halogens is 1. The number of rotatable bonds is 4. The van der Waals surface area contributed by atoms with Crippen LogP contribution in [0.5, 0.6) is 0 Å². The molecule has 1 aliphatic rings. The Morgan fingerprint density at radius 2 is 2.08 bits per heavy atom. The van der Waals surface area contributed by atoms with Gasteiger partial charge in [0.2, 0.25) is 5.91 Å². The fraction of sp³-hybridized carbons (Fsp3) is 0.857. The molecule has 1 rings (SSSR count). The third-order valence-corrected chi connectivity index (χ3v) is 2.02. The van der Waals surface area contributed by atoms with E-state index in [1.165, 1.54) is 0 Å². The van der Waals surface area contributed by atoms with Crippen LogP contribution in [0.1, 0.15) is 19.3 Å². The third-order valence-electron chi connectivity index (χ3n) is 2.02. The molecule has 0 unspecified atom stereocenters. The molecule has 1 saturated carbocycles. The monoisotopic (exact) mass is 193 g/mol. The molecule has 0 aromatic heterocycles. The van der Waals surface area contributed by atoms with Gasteiger partial charge in [0.15, 0.2) is 0 Å². The fourth-order valence-electron chi connectivity index (χ4n) is 0.934. The second kappa shape index (κ2) is 4.64. The molecule has 0 aromatic rings. The zero-order valence-electron chi connectivity index (χ0n) is 7.01. The summed E-state index contributed by atoms with van der Waals surface area (Å²) in [4.78, 5) is 10.6. The van der Waals surface area contributed by atoms with Crippen LogP contribution in [0.15, 0.2) is 0 Å². The standard InChI is InChI=1S/C7H15N3O.ClH/c8-5-6(11)10-4-3-7(9)1-2-7;/h1-5,8-9H2,(H,10,11);1H. The maximum absolute atomic E-state index is 10.6. The lowest BCUT2D eigenvalue weighted by Crippen LogP contribution is -2.34. The van der Waals surface area contributed by atoms with Crippen LogP contribution in [0.3, 0.4) is 0 Å². The van der Waals surface area contributed by atoms with Crippen molar-refractivity contribution < 1.29 is 4.79 Å².